The molecule has 0 radical (unpaired) electrons. The van der Waals surface area contributed by atoms with Gasteiger partial charge in [0, 0.05) is 38.9 Å². The van der Waals surface area contributed by atoms with Crippen molar-refractivity contribution in [2.45, 2.75) is 6.54 Å². The molecule has 2 heterocycles. The van der Waals surface area contributed by atoms with Crippen LogP contribution in [-0.2, 0) is 6.54 Å². The second kappa shape index (κ2) is 4.48. The van der Waals surface area contributed by atoms with Crippen molar-refractivity contribution in [2.24, 2.45) is 0 Å². The minimum atomic E-state index is 0.955. The summed E-state index contributed by atoms with van der Waals surface area (Å²) in [6, 6.07) is 1.98. The Morgan fingerprint density at radius 3 is 2.71 bits per heavy atom. The monoisotopic (exact) mass is 192 g/mol. The molecular weight excluding hydrogens is 176 g/mol. The van der Waals surface area contributed by atoms with E-state index < -0.39 is 0 Å². The maximum absolute atomic E-state index is 4.23. The third-order valence-corrected chi connectivity index (χ3v) is 2.62. The molecule has 4 heteroatoms. The SMILES string of the molecule is CN1CCN(Cc2ccncn2)CC1. The van der Waals surface area contributed by atoms with Gasteiger partial charge >= 0.3 is 0 Å². The van der Waals surface area contributed by atoms with E-state index in [1.165, 1.54) is 0 Å². The van der Waals surface area contributed by atoms with Crippen molar-refractivity contribution in [1.82, 2.24) is 19.8 Å². The number of aromatic nitrogens is 2. The minimum Gasteiger partial charge on any atom is -0.304 e. The van der Waals surface area contributed by atoms with Gasteiger partial charge in [0.15, 0.2) is 0 Å². The zero-order valence-corrected chi connectivity index (χ0v) is 8.56. The molecule has 0 aromatic carbocycles. The van der Waals surface area contributed by atoms with Gasteiger partial charge in [-0.1, -0.05) is 0 Å². The van der Waals surface area contributed by atoms with Crippen molar-refractivity contribution in [2.75, 3.05) is 33.2 Å². The van der Waals surface area contributed by atoms with Crippen LogP contribution in [0.4, 0.5) is 0 Å². The highest BCUT2D eigenvalue weighted by Gasteiger charge is 2.13. The largest absolute Gasteiger partial charge is 0.304 e. The Bertz CT molecular complexity index is 267. The Hall–Kier alpha value is -1.00. The Labute approximate surface area is 84.6 Å². The molecule has 0 N–H and O–H groups in total. The van der Waals surface area contributed by atoms with Crippen LogP contribution in [0.25, 0.3) is 0 Å². The first-order chi connectivity index (χ1) is 6.84. The average Bonchev–Trinajstić information content (AvgIpc) is 2.23. The normalized spacial score (nSPS) is 19.8. The molecule has 1 aromatic heterocycles. The quantitative estimate of drug-likeness (QED) is 0.671. The van der Waals surface area contributed by atoms with Gasteiger partial charge in [0.05, 0.1) is 5.69 Å². The van der Waals surface area contributed by atoms with Crippen LogP contribution in [0, 0.1) is 0 Å². The van der Waals surface area contributed by atoms with Crippen LogP contribution in [0.2, 0.25) is 0 Å². The summed E-state index contributed by atoms with van der Waals surface area (Å²) >= 11 is 0. The minimum absolute atomic E-state index is 0.955. The van der Waals surface area contributed by atoms with Gasteiger partial charge in [0.1, 0.15) is 6.33 Å². The number of hydrogen-bond donors (Lipinski definition) is 0. The molecule has 14 heavy (non-hydrogen) atoms. The second-order valence-corrected chi connectivity index (χ2v) is 3.78. The van der Waals surface area contributed by atoms with E-state index >= 15 is 0 Å². The van der Waals surface area contributed by atoms with Crippen LogP contribution in [0.3, 0.4) is 0 Å². The van der Waals surface area contributed by atoms with Crippen LogP contribution in [0.5, 0.6) is 0 Å². The Kier molecular flexibility index (Phi) is 3.06. The summed E-state index contributed by atoms with van der Waals surface area (Å²) < 4.78 is 0. The van der Waals surface area contributed by atoms with Crippen LogP contribution >= 0.6 is 0 Å². The van der Waals surface area contributed by atoms with Gasteiger partial charge in [-0.05, 0) is 13.1 Å². The molecule has 0 atom stereocenters. The predicted molar refractivity (Wildman–Crippen MR) is 54.8 cm³/mol. The fourth-order valence-electron chi connectivity index (χ4n) is 1.65. The molecule has 0 aliphatic carbocycles. The molecule has 0 saturated carbocycles. The fourth-order valence-corrected chi connectivity index (χ4v) is 1.65. The summed E-state index contributed by atoms with van der Waals surface area (Å²) in [6.45, 7) is 5.55. The highest BCUT2D eigenvalue weighted by Crippen LogP contribution is 2.04. The van der Waals surface area contributed by atoms with Crippen LogP contribution in [-0.4, -0.2) is 53.0 Å². The van der Waals surface area contributed by atoms with E-state index in [0.29, 0.717) is 0 Å². The van der Waals surface area contributed by atoms with Gasteiger partial charge in [0.2, 0.25) is 0 Å². The first kappa shape index (κ1) is 9.55. The van der Waals surface area contributed by atoms with Gasteiger partial charge in [-0.2, -0.15) is 0 Å². The lowest BCUT2D eigenvalue weighted by molar-refractivity contribution is 0.147. The highest BCUT2D eigenvalue weighted by atomic mass is 15.2. The highest BCUT2D eigenvalue weighted by molar-refractivity contribution is 4.97. The number of hydrogen-bond acceptors (Lipinski definition) is 4. The molecule has 1 fully saturated rings. The Balaban J connectivity index is 1.87. The third-order valence-electron chi connectivity index (χ3n) is 2.62. The van der Waals surface area contributed by atoms with Crippen molar-refractivity contribution in [1.29, 1.82) is 0 Å². The van der Waals surface area contributed by atoms with E-state index in [2.05, 4.69) is 26.8 Å². The molecule has 1 aliphatic heterocycles. The summed E-state index contributed by atoms with van der Waals surface area (Å²) in [7, 11) is 2.17. The molecular formula is C10H16N4. The predicted octanol–water partition coefficient (Wildman–Crippen LogP) is 0.224. The topological polar surface area (TPSA) is 32.3 Å². The lowest BCUT2D eigenvalue weighted by Gasteiger charge is -2.31. The van der Waals surface area contributed by atoms with Crippen molar-refractivity contribution in [3.05, 3.63) is 24.3 Å². The lowest BCUT2D eigenvalue weighted by atomic mass is 10.3. The van der Waals surface area contributed by atoms with E-state index in [1.807, 2.05) is 6.07 Å². The zero-order chi connectivity index (χ0) is 9.80. The summed E-state index contributed by atoms with van der Waals surface area (Å²) in [5.41, 5.74) is 1.12. The molecule has 1 saturated heterocycles. The molecule has 1 aromatic rings. The summed E-state index contributed by atoms with van der Waals surface area (Å²) in [6.07, 6.45) is 3.42. The first-order valence-electron chi connectivity index (χ1n) is 5.00. The van der Waals surface area contributed by atoms with E-state index in [9.17, 15) is 0 Å². The summed E-state index contributed by atoms with van der Waals surface area (Å²) in [5, 5.41) is 0. The van der Waals surface area contributed by atoms with Gasteiger partial charge in [0.25, 0.3) is 0 Å². The van der Waals surface area contributed by atoms with Crippen molar-refractivity contribution >= 4 is 0 Å². The van der Waals surface area contributed by atoms with Crippen LogP contribution in [0.15, 0.2) is 18.6 Å². The van der Waals surface area contributed by atoms with Crippen molar-refractivity contribution in [3.63, 3.8) is 0 Å². The first-order valence-corrected chi connectivity index (χ1v) is 5.00. The van der Waals surface area contributed by atoms with E-state index in [0.717, 1.165) is 38.4 Å². The van der Waals surface area contributed by atoms with Crippen LogP contribution < -0.4 is 0 Å². The number of likely N-dealkylation sites (N-methyl/N-ethyl adjacent to an activating group) is 1. The fraction of sp³-hybridized carbons (Fsp3) is 0.600. The maximum Gasteiger partial charge on any atom is 0.115 e. The molecule has 0 spiro atoms. The average molecular weight is 192 g/mol. The second-order valence-electron chi connectivity index (χ2n) is 3.78. The van der Waals surface area contributed by atoms with E-state index in [-0.39, 0.29) is 0 Å². The van der Waals surface area contributed by atoms with Gasteiger partial charge < -0.3 is 4.90 Å². The van der Waals surface area contributed by atoms with Gasteiger partial charge in [-0.25, -0.2) is 9.97 Å². The van der Waals surface area contributed by atoms with Crippen molar-refractivity contribution in [3.8, 4) is 0 Å². The number of piperazine rings is 1. The Morgan fingerprint density at radius 1 is 1.29 bits per heavy atom. The smallest absolute Gasteiger partial charge is 0.115 e. The van der Waals surface area contributed by atoms with Gasteiger partial charge in [-0.15, -0.1) is 0 Å². The molecule has 0 amide bonds. The number of rotatable bonds is 2. The Morgan fingerprint density at radius 2 is 2.07 bits per heavy atom. The maximum atomic E-state index is 4.23. The molecule has 0 unspecified atom stereocenters. The molecule has 76 valence electrons. The summed E-state index contributed by atoms with van der Waals surface area (Å²) in [4.78, 5) is 12.9. The number of nitrogens with zero attached hydrogens (tertiary/aromatic N) is 4. The standard InChI is InChI=1S/C10H16N4/c1-13-4-6-14(7-5-13)8-10-2-3-11-9-12-10/h2-3,9H,4-8H2,1H3. The van der Waals surface area contributed by atoms with E-state index in [1.54, 1.807) is 12.5 Å². The van der Waals surface area contributed by atoms with Crippen molar-refractivity contribution < 1.29 is 0 Å². The van der Waals surface area contributed by atoms with E-state index in [4.69, 9.17) is 0 Å². The van der Waals surface area contributed by atoms with Crippen LogP contribution in [0.1, 0.15) is 5.69 Å². The molecule has 1 aliphatic rings. The zero-order valence-electron chi connectivity index (χ0n) is 8.56. The lowest BCUT2D eigenvalue weighted by Crippen LogP contribution is -2.43. The molecule has 2 rings (SSSR count). The molecule has 0 bridgehead atoms. The molecule has 4 nitrogen and oxygen atoms in total. The van der Waals surface area contributed by atoms with Gasteiger partial charge in [-0.3, -0.25) is 4.90 Å². The summed E-state index contributed by atoms with van der Waals surface area (Å²) in [5.74, 6) is 0. The third kappa shape index (κ3) is 2.49.